The quantitative estimate of drug-likeness (QED) is 0.465. The lowest BCUT2D eigenvalue weighted by Crippen LogP contribution is -2.57. The maximum absolute atomic E-state index is 13.5. The molecule has 2 heterocycles. The molecule has 2 aromatic rings. The second kappa shape index (κ2) is 6.65. The van der Waals surface area contributed by atoms with Gasteiger partial charge in [-0.1, -0.05) is 60.7 Å². The molecule has 0 aliphatic carbocycles. The van der Waals surface area contributed by atoms with Gasteiger partial charge in [0.15, 0.2) is 0 Å². The first kappa shape index (κ1) is 18.0. The van der Waals surface area contributed by atoms with Crippen LogP contribution in [0.4, 0.5) is 0 Å². The van der Waals surface area contributed by atoms with Crippen molar-refractivity contribution in [1.82, 2.24) is 0 Å². The Balaban J connectivity index is 1.61. The van der Waals surface area contributed by atoms with Crippen molar-refractivity contribution < 1.29 is 14.0 Å². The van der Waals surface area contributed by atoms with Crippen LogP contribution in [-0.2, 0) is 14.9 Å². The third-order valence-electron chi connectivity index (χ3n) is 6.66. The minimum Gasteiger partial charge on any atom is -0.461 e. The summed E-state index contributed by atoms with van der Waals surface area (Å²) in [7, 11) is 4.54. The van der Waals surface area contributed by atoms with Gasteiger partial charge in [0.25, 0.3) is 0 Å². The normalized spacial score (nSPS) is 26.0. The van der Waals surface area contributed by atoms with E-state index in [4.69, 9.17) is 4.74 Å². The average molecular weight is 362 g/mol. The van der Waals surface area contributed by atoms with E-state index in [0.29, 0.717) is 12.1 Å². The molecular formula is C24H28NO2+. The van der Waals surface area contributed by atoms with Crippen molar-refractivity contribution in [2.75, 3.05) is 14.1 Å². The Kier molecular flexibility index (Phi) is 4.43. The van der Waals surface area contributed by atoms with E-state index in [2.05, 4.69) is 26.2 Å². The molecule has 3 atom stereocenters. The van der Waals surface area contributed by atoms with Crippen molar-refractivity contribution in [1.29, 1.82) is 0 Å². The maximum atomic E-state index is 13.5. The van der Waals surface area contributed by atoms with Gasteiger partial charge >= 0.3 is 5.97 Å². The molecule has 0 radical (unpaired) electrons. The lowest BCUT2D eigenvalue weighted by Gasteiger charge is -2.44. The van der Waals surface area contributed by atoms with Crippen LogP contribution in [0.5, 0.6) is 0 Å². The summed E-state index contributed by atoms with van der Waals surface area (Å²) in [5.74, 6) is -0.156. The number of nitrogens with zero attached hydrogens (tertiary/aromatic N) is 1. The smallest absolute Gasteiger partial charge is 0.321 e. The fourth-order valence-corrected chi connectivity index (χ4v) is 4.59. The molecule has 140 valence electrons. The van der Waals surface area contributed by atoms with E-state index in [-0.39, 0.29) is 12.1 Å². The van der Waals surface area contributed by atoms with E-state index in [1.807, 2.05) is 67.6 Å². The van der Waals surface area contributed by atoms with Crippen LogP contribution in [0.3, 0.4) is 0 Å². The molecule has 4 rings (SSSR count). The Morgan fingerprint density at radius 3 is 1.78 bits per heavy atom. The monoisotopic (exact) mass is 362 g/mol. The summed E-state index contributed by atoms with van der Waals surface area (Å²) >= 11 is 0. The summed E-state index contributed by atoms with van der Waals surface area (Å²) < 4.78 is 7.13. The van der Waals surface area contributed by atoms with Crippen molar-refractivity contribution in [3.05, 3.63) is 83.9 Å². The number of benzene rings is 2. The highest BCUT2D eigenvalue weighted by atomic mass is 16.5. The topological polar surface area (TPSA) is 26.3 Å². The van der Waals surface area contributed by atoms with Crippen LogP contribution in [0.25, 0.3) is 0 Å². The Hall–Kier alpha value is -2.39. The molecule has 0 N–H and O–H groups in total. The summed E-state index contributed by atoms with van der Waals surface area (Å²) in [6.07, 6.45) is 6.36. The van der Waals surface area contributed by atoms with E-state index < -0.39 is 5.41 Å². The lowest BCUT2D eigenvalue weighted by molar-refractivity contribution is -0.926. The van der Waals surface area contributed by atoms with Gasteiger partial charge in [-0.15, -0.1) is 0 Å². The van der Waals surface area contributed by atoms with E-state index in [1.165, 1.54) is 0 Å². The first-order chi connectivity index (χ1) is 12.9. The van der Waals surface area contributed by atoms with Gasteiger partial charge in [-0.2, -0.15) is 0 Å². The van der Waals surface area contributed by atoms with Gasteiger partial charge in [0.1, 0.15) is 23.6 Å². The van der Waals surface area contributed by atoms with Crippen LogP contribution >= 0.6 is 0 Å². The van der Waals surface area contributed by atoms with Gasteiger partial charge in [0.05, 0.1) is 14.1 Å². The molecule has 2 aliphatic rings. The molecule has 0 spiro atoms. The van der Waals surface area contributed by atoms with Gasteiger partial charge in [-0.25, -0.2) is 0 Å². The third-order valence-corrected chi connectivity index (χ3v) is 6.66. The molecule has 1 saturated heterocycles. The number of hydrogen-bond acceptors (Lipinski definition) is 2. The molecule has 27 heavy (non-hydrogen) atoms. The van der Waals surface area contributed by atoms with Crippen molar-refractivity contribution in [2.45, 2.75) is 43.4 Å². The molecule has 2 aliphatic heterocycles. The molecule has 2 bridgehead atoms. The number of carbonyl (C=O) groups excluding carboxylic acids is 1. The van der Waals surface area contributed by atoms with Gasteiger partial charge < -0.3 is 9.22 Å². The highest BCUT2D eigenvalue weighted by Gasteiger charge is 2.48. The van der Waals surface area contributed by atoms with Crippen LogP contribution < -0.4 is 0 Å². The zero-order valence-corrected chi connectivity index (χ0v) is 16.3. The molecular weight excluding hydrogens is 334 g/mol. The molecule has 2 unspecified atom stereocenters. The first-order valence-corrected chi connectivity index (χ1v) is 9.76. The van der Waals surface area contributed by atoms with Crippen LogP contribution in [0.1, 0.15) is 30.9 Å². The minimum absolute atomic E-state index is 0.0274. The van der Waals surface area contributed by atoms with Crippen LogP contribution in [0, 0.1) is 0 Å². The average Bonchev–Trinajstić information content (AvgIpc) is 2.86. The molecule has 2 aromatic carbocycles. The van der Waals surface area contributed by atoms with E-state index in [0.717, 1.165) is 28.5 Å². The SMILES string of the molecule is CC(C(=O)OC1CC2C=C[C@H](C1)[N+]2(C)C)(c1ccccc1)c1ccccc1. The lowest BCUT2D eigenvalue weighted by atomic mass is 9.76. The summed E-state index contributed by atoms with van der Waals surface area (Å²) in [4.78, 5) is 13.5. The molecule has 1 fully saturated rings. The largest absolute Gasteiger partial charge is 0.461 e. The number of carbonyl (C=O) groups is 1. The number of esters is 1. The summed E-state index contributed by atoms with van der Waals surface area (Å²) in [6, 6.07) is 20.8. The van der Waals surface area contributed by atoms with E-state index in [1.54, 1.807) is 0 Å². The Labute approximate surface area is 161 Å². The van der Waals surface area contributed by atoms with Crippen LogP contribution in [0.15, 0.2) is 72.8 Å². The maximum Gasteiger partial charge on any atom is 0.321 e. The van der Waals surface area contributed by atoms with E-state index in [9.17, 15) is 4.79 Å². The zero-order chi connectivity index (χ0) is 19.1. The van der Waals surface area contributed by atoms with Crippen molar-refractivity contribution in [3.8, 4) is 0 Å². The summed E-state index contributed by atoms with van der Waals surface area (Å²) in [5.41, 5.74) is 1.13. The first-order valence-electron chi connectivity index (χ1n) is 9.76. The highest BCUT2D eigenvalue weighted by molar-refractivity contribution is 5.87. The number of rotatable bonds is 4. The van der Waals surface area contributed by atoms with E-state index >= 15 is 0 Å². The number of likely N-dealkylation sites (N-methyl/N-ethyl adjacent to an activating group) is 1. The highest BCUT2D eigenvalue weighted by Crippen LogP contribution is 2.38. The third kappa shape index (κ3) is 3.00. The number of quaternary nitrogens is 1. The van der Waals surface area contributed by atoms with Gasteiger partial charge in [-0.3, -0.25) is 4.79 Å². The second-order valence-corrected chi connectivity index (χ2v) is 8.50. The predicted octanol–water partition coefficient (Wildman–Crippen LogP) is 4.08. The number of ether oxygens (including phenoxy) is 1. The molecule has 0 aromatic heterocycles. The molecule has 3 heteroatoms. The van der Waals surface area contributed by atoms with Gasteiger partial charge in [0.2, 0.25) is 0 Å². The van der Waals surface area contributed by atoms with Crippen molar-refractivity contribution in [3.63, 3.8) is 0 Å². The number of hydrogen-bond donors (Lipinski definition) is 0. The molecule has 0 amide bonds. The molecule has 3 nitrogen and oxygen atoms in total. The second-order valence-electron chi connectivity index (χ2n) is 8.50. The van der Waals surface area contributed by atoms with Crippen LogP contribution in [0.2, 0.25) is 0 Å². The number of piperidine rings is 1. The van der Waals surface area contributed by atoms with Crippen molar-refractivity contribution in [2.24, 2.45) is 0 Å². The number of fused-ring (bicyclic) bond motifs is 2. The van der Waals surface area contributed by atoms with Crippen molar-refractivity contribution >= 4 is 5.97 Å². The Morgan fingerprint density at radius 2 is 1.33 bits per heavy atom. The summed E-state index contributed by atoms with van der Waals surface area (Å²) in [6.45, 7) is 1.98. The Morgan fingerprint density at radius 1 is 0.889 bits per heavy atom. The molecule has 0 saturated carbocycles. The minimum atomic E-state index is -0.809. The fourth-order valence-electron chi connectivity index (χ4n) is 4.59. The Bertz CT molecular complexity index is 784. The van der Waals surface area contributed by atoms with Gasteiger partial charge in [-0.05, 0) is 30.2 Å². The zero-order valence-electron chi connectivity index (χ0n) is 16.3. The fraction of sp³-hybridized carbons (Fsp3) is 0.375. The van der Waals surface area contributed by atoms with Gasteiger partial charge in [0, 0.05) is 12.8 Å². The predicted molar refractivity (Wildman–Crippen MR) is 107 cm³/mol. The van der Waals surface area contributed by atoms with Crippen LogP contribution in [-0.4, -0.2) is 42.7 Å². The summed E-state index contributed by atoms with van der Waals surface area (Å²) in [5, 5.41) is 0. The standard InChI is InChI=1S/C24H28NO2/c1-24(18-10-6-4-7-11-18,19-12-8-5-9-13-19)23(26)27-22-16-20-14-15-21(17-22)25(20,2)3/h4-15,20-22H,16-17H2,1-3H3/q+1/t20-,21?,22?/m1/s1.